The molecule has 0 bridgehead atoms. The van der Waals surface area contributed by atoms with Crippen LogP contribution in [0, 0.1) is 6.92 Å². The third kappa shape index (κ3) is 2.84. The summed E-state index contributed by atoms with van der Waals surface area (Å²) in [6.07, 6.45) is -0.374. The lowest BCUT2D eigenvalue weighted by Crippen LogP contribution is -2.24. The maximum atomic E-state index is 12.3. The summed E-state index contributed by atoms with van der Waals surface area (Å²) in [5.74, 6) is -0.247. The monoisotopic (exact) mass is 324 g/mol. The molecule has 0 amide bonds. The molecule has 24 heavy (non-hydrogen) atoms. The van der Waals surface area contributed by atoms with Crippen LogP contribution < -0.4 is 9.80 Å². The van der Waals surface area contributed by atoms with Gasteiger partial charge in [-0.1, -0.05) is 23.8 Å². The van der Waals surface area contributed by atoms with Crippen molar-refractivity contribution in [2.45, 2.75) is 27.0 Å². The number of anilines is 2. The summed E-state index contributed by atoms with van der Waals surface area (Å²) in [4.78, 5) is 16.6. The standard InChI is InChI=1S/C20H24N2O2/c1-5-22(6-2)16-11-12-17-18(13-16)20(23)24-19(17)21(4)15-9-7-14(3)8-10-15/h7-13,19H,5-6H2,1-4H3. The van der Waals surface area contributed by atoms with Crippen LogP contribution in [0.4, 0.5) is 11.4 Å². The summed E-state index contributed by atoms with van der Waals surface area (Å²) in [6, 6.07) is 14.3. The van der Waals surface area contributed by atoms with Crippen LogP contribution in [-0.2, 0) is 4.74 Å². The Labute approximate surface area is 143 Å². The van der Waals surface area contributed by atoms with Gasteiger partial charge in [-0.05, 0) is 45.0 Å². The van der Waals surface area contributed by atoms with Gasteiger partial charge in [0, 0.05) is 37.1 Å². The van der Waals surface area contributed by atoms with E-state index in [0.717, 1.165) is 30.0 Å². The van der Waals surface area contributed by atoms with Crippen molar-refractivity contribution in [3.8, 4) is 0 Å². The maximum Gasteiger partial charge on any atom is 0.340 e. The number of ether oxygens (including phenoxy) is 1. The molecule has 4 heteroatoms. The highest BCUT2D eigenvalue weighted by atomic mass is 16.6. The van der Waals surface area contributed by atoms with E-state index in [9.17, 15) is 4.79 Å². The number of cyclic esters (lactones) is 1. The van der Waals surface area contributed by atoms with Gasteiger partial charge in [-0.2, -0.15) is 0 Å². The zero-order valence-corrected chi connectivity index (χ0v) is 14.7. The normalized spacial score (nSPS) is 15.8. The molecule has 1 unspecified atom stereocenters. The largest absolute Gasteiger partial charge is 0.434 e. The average Bonchev–Trinajstić information content (AvgIpc) is 2.93. The van der Waals surface area contributed by atoms with Crippen LogP contribution in [0.3, 0.4) is 0 Å². The number of fused-ring (bicyclic) bond motifs is 1. The molecule has 1 atom stereocenters. The highest BCUT2D eigenvalue weighted by molar-refractivity contribution is 5.95. The molecule has 1 heterocycles. The minimum atomic E-state index is -0.374. The summed E-state index contributed by atoms with van der Waals surface area (Å²) in [6.45, 7) is 8.11. The zero-order valence-electron chi connectivity index (χ0n) is 14.7. The van der Waals surface area contributed by atoms with E-state index in [-0.39, 0.29) is 12.2 Å². The first kappa shape index (κ1) is 16.4. The molecule has 0 aliphatic carbocycles. The topological polar surface area (TPSA) is 32.8 Å². The lowest BCUT2D eigenvalue weighted by Gasteiger charge is -2.26. The highest BCUT2D eigenvalue weighted by Gasteiger charge is 2.34. The molecule has 0 saturated carbocycles. The Hall–Kier alpha value is -2.49. The number of nitrogens with zero attached hydrogens (tertiary/aromatic N) is 2. The Bertz CT molecular complexity index is 736. The first-order valence-electron chi connectivity index (χ1n) is 8.44. The second-order valence-electron chi connectivity index (χ2n) is 6.15. The Kier molecular flexibility index (Phi) is 4.47. The molecule has 1 aliphatic heterocycles. The summed E-state index contributed by atoms with van der Waals surface area (Å²) in [7, 11) is 1.95. The molecule has 0 spiro atoms. The smallest absolute Gasteiger partial charge is 0.340 e. The number of benzene rings is 2. The van der Waals surface area contributed by atoms with E-state index in [2.05, 4.69) is 43.9 Å². The maximum absolute atomic E-state index is 12.3. The van der Waals surface area contributed by atoms with Crippen LogP contribution >= 0.6 is 0 Å². The quantitative estimate of drug-likeness (QED) is 0.774. The second kappa shape index (κ2) is 6.56. The van der Waals surface area contributed by atoms with Crippen molar-refractivity contribution in [1.29, 1.82) is 0 Å². The van der Waals surface area contributed by atoms with Crippen molar-refractivity contribution < 1.29 is 9.53 Å². The van der Waals surface area contributed by atoms with Crippen molar-refractivity contribution in [3.05, 3.63) is 59.2 Å². The molecular weight excluding hydrogens is 300 g/mol. The van der Waals surface area contributed by atoms with Crippen LogP contribution in [0.15, 0.2) is 42.5 Å². The summed E-state index contributed by atoms with van der Waals surface area (Å²) in [5.41, 5.74) is 4.90. The van der Waals surface area contributed by atoms with Crippen LogP contribution in [0.2, 0.25) is 0 Å². The zero-order chi connectivity index (χ0) is 17.3. The first-order valence-corrected chi connectivity index (χ1v) is 8.44. The number of hydrogen-bond donors (Lipinski definition) is 0. The van der Waals surface area contributed by atoms with E-state index in [1.807, 2.05) is 36.2 Å². The molecule has 0 fully saturated rings. The van der Waals surface area contributed by atoms with Crippen molar-refractivity contribution in [3.63, 3.8) is 0 Å². The summed E-state index contributed by atoms with van der Waals surface area (Å²) >= 11 is 0. The number of esters is 1. The van der Waals surface area contributed by atoms with Gasteiger partial charge in [0.25, 0.3) is 0 Å². The van der Waals surface area contributed by atoms with Crippen LogP contribution in [0.5, 0.6) is 0 Å². The van der Waals surface area contributed by atoms with E-state index < -0.39 is 0 Å². The van der Waals surface area contributed by atoms with Gasteiger partial charge in [-0.15, -0.1) is 0 Å². The van der Waals surface area contributed by atoms with Gasteiger partial charge in [0.1, 0.15) is 0 Å². The number of hydrogen-bond acceptors (Lipinski definition) is 4. The lowest BCUT2D eigenvalue weighted by atomic mass is 10.1. The predicted octanol–water partition coefficient (Wildman–Crippen LogP) is 4.15. The summed E-state index contributed by atoms with van der Waals surface area (Å²) < 4.78 is 5.65. The second-order valence-corrected chi connectivity index (χ2v) is 6.15. The SMILES string of the molecule is CCN(CC)c1ccc2c(c1)C(=O)OC2N(C)c1ccc(C)cc1. The Morgan fingerprint density at radius 1 is 1.00 bits per heavy atom. The van der Waals surface area contributed by atoms with Gasteiger partial charge >= 0.3 is 5.97 Å². The van der Waals surface area contributed by atoms with Crippen molar-refractivity contribution in [2.75, 3.05) is 29.9 Å². The van der Waals surface area contributed by atoms with Gasteiger partial charge in [0.2, 0.25) is 6.23 Å². The molecule has 0 N–H and O–H groups in total. The van der Waals surface area contributed by atoms with Crippen LogP contribution in [0.1, 0.15) is 41.6 Å². The summed E-state index contributed by atoms with van der Waals surface area (Å²) in [5, 5.41) is 0. The number of carbonyl (C=O) groups excluding carboxylic acids is 1. The number of aryl methyl sites for hydroxylation is 1. The number of carbonyl (C=O) groups is 1. The van der Waals surface area contributed by atoms with Gasteiger partial charge < -0.3 is 14.5 Å². The van der Waals surface area contributed by atoms with E-state index in [1.54, 1.807) is 0 Å². The molecule has 0 saturated heterocycles. The molecule has 126 valence electrons. The Balaban J connectivity index is 1.92. The van der Waals surface area contributed by atoms with Crippen LogP contribution in [0.25, 0.3) is 0 Å². The Morgan fingerprint density at radius 3 is 2.25 bits per heavy atom. The van der Waals surface area contributed by atoms with E-state index in [4.69, 9.17) is 4.74 Å². The molecule has 0 aromatic heterocycles. The predicted molar refractivity (Wildman–Crippen MR) is 97.7 cm³/mol. The first-order chi connectivity index (χ1) is 11.5. The fourth-order valence-corrected chi connectivity index (χ4v) is 3.15. The molecular formula is C20H24N2O2. The molecule has 3 rings (SSSR count). The Morgan fingerprint density at radius 2 is 1.62 bits per heavy atom. The van der Waals surface area contributed by atoms with E-state index in [0.29, 0.717) is 5.56 Å². The lowest BCUT2D eigenvalue weighted by molar-refractivity contribution is 0.0388. The average molecular weight is 324 g/mol. The molecule has 2 aromatic rings. The van der Waals surface area contributed by atoms with E-state index >= 15 is 0 Å². The fraction of sp³-hybridized carbons (Fsp3) is 0.350. The molecule has 2 aromatic carbocycles. The van der Waals surface area contributed by atoms with E-state index in [1.165, 1.54) is 5.56 Å². The van der Waals surface area contributed by atoms with Crippen molar-refractivity contribution in [2.24, 2.45) is 0 Å². The van der Waals surface area contributed by atoms with Gasteiger partial charge in [0.05, 0.1) is 5.56 Å². The van der Waals surface area contributed by atoms with Crippen molar-refractivity contribution in [1.82, 2.24) is 0 Å². The minimum absolute atomic E-state index is 0.247. The van der Waals surface area contributed by atoms with Gasteiger partial charge in [0.15, 0.2) is 0 Å². The minimum Gasteiger partial charge on any atom is -0.434 e. The van der Waals surface area contributed by atoms with Crippen LogP contribution in [-0.4, -0.2) is 26.1 Å². The number of rotatable bonds is 5. The van der Waals surface area contributed by atoms with Gasteiger partial charge in [-0.3, -0.25) is 0 Å². The fourth-order valence-electron chi connectivity index (χ4n) is 3.15. The molecule has 4 nitrogen and oxygen atoms in total. The molecule has 0 radical (unpaired) electrons. The van der Waals surface area contributed by atoms with Gasteiger partial charge in [-0.25, -0.2) is 4.79 Å². The highest BCUT2D eigenvalue weighted by Crippen LogP contribution is 2.37. The van der Waals surface area contributed by atoms with Crippen molar-refractivity contribution >= 4 is 17.3 Å². The molecule has 1 aliphatic rings. The third-order valence-corrected chi connectivity index (χ3v) is 4.66. The third-order valence-electron chi connectivity index (χ3n) is 4.66.